The topological polar surface area (TPSA) is 63.2 Å². The van der Waals surface area contributed by atoms with Crippen molar-refractivity contribution >= 4 is 15.9 Å². The molecule has 0 saturated carbocycles. The predicted molar refractivity (Wildman–Crippen MR) is 102 cm³/mol. The van der Waals surface area contributed by atoms with Gasteiger partial charge in [-0.25, -0.2) is 13.1 Å². The van der Waals surface area contributed by atoms with Gasteiger partial charge in [0.05, 0.1) is 6.26 Å². The quantitative estimate of drug-likeness (QED) is 0.352. The number of carbonyl (C=O) groups excluding carboxylic acids is 1. The van der Waals surface area contributed by atoms with Gasteiger partial charge in [0.15, 0.2) is 0 Å². The summed E-state index contributed by atoms with van der Waals surface area (Å²) in [6.07, 6.45) is 13.4. The summed E-state index contributed by atoms with van der Waals surface area (Å²) < 4.78 is 24.3. The molecular weight excluding hydrogens is 322 g/mol. The summed E-state index contributed by atoms with van der Waals surface area (Å²) in [6.45, 7) is 10.5. The molecule has 1 amide bonds. The summed E-state index contributed by atoms with van der Waals surface area (Å²) in [7, 11) is -3.52. The predicted octanol–water partition coefficient (Wildman–Crippen LogP) is 4.96. The third-order valence-electron chi connectivity index (χ3n) is 4.65. The second-order valence-electron chi connectivity index (χ2n) is 7.39. The lowest BCUT2D eigenvalue weighted by atomic mass is 9.75. The average molecular weight is 360 g/mol. The highest BCUT2D eigenvalue weighted by Crippen LogP contribution is 2.36. The molecule has 0 fully saturated rings. The van der Waals surface area contributed by atoms with Gasteiger partial charge in [0, 0.05) is 5.57 Å². The second kappa shape index (κ2) is 11.7. The van der Waals surface area contributed by atoms with E-state index in [-0.39, 0.29) is 5.41 Å². The molecule has 0 spiro atoms. The van der Waals surface area contributed by atoms with Crippen LogP contribution in [0.4, 0.5) is 0 Å². The van der Waals surface area contributed by atoms with Crippen LogP contribution >= 0.6 is 0 Å². The van der Waals surface area contributed by atoms with Crippen molar-refractivity contribution < 1.29 is 13.2 Å². The van der Waals surface area contributed by atoms with E-state index in [9.17, 15) is 13.2 Å². The van der Waals surface area contributed by atoms with E-state index in [4.69, 9.17) is 0 Å². The van der Waals surface area contributed by atoms with Crippen LogP contribution in [0.1, 0.15) is 91.4 Å². The van der Waals surface area contributed by atoms with Crippen molar-refractivity contribution in [2.45, 2.75) is 91.4 Å². The first-order valence-corrected chi connectivity index (χ1v) is 11.2. The van der Waals surface area contributed by atoms with Crippen LogP contribution in [0.2, 0.25) is 0 Å². The molecule has 1 unspecified atom stereocenters. The van der Waals surface area contributed by atoms with Crippen LogP contribution in [0.3, 0.4) is 0 Å². The van der Waals surface area contributed by atoms with E-state index in [1.165, 1.54) is 44.9 Å². The number of hydrogen-bond acceptors (Lipinski definition) is 3. The van der Waals surface area contributed by atoms with Gasteiger partial charge in [-0.3, -0.25) is 4.79 Å². The number of unbranched alkanes of at least 4 members (excludes halogenated alkanes) is 5. The van der Waals surface area contributed by atoms with Crippen molar-refractivity contribution in [3.8, 4) is 0 Å². The lowest BCUT2D eigenvalue weighted by molar-refractivity contribution is -0.116. The first-order chi connectivity index (χ1) is 11.1. The van der Waals surface area contributed by atoms with Crippen molar-refractivity contribution in [3.63, 3.8) is 0 Å². The van der Waals surface area contributed by atoms with Gasteiger partial charge in [-0.1, -0.05) is 72.3 Å². The monoisotopic (exact) mass is 359 g/mol. The average Bonchev–Trinajstić information content (AvgIpc) is 2.48. The minimum atomic E-state index is -3.52. The van der Waals surface area contributed by atoms with Crippen LogP contribution < -0.4 is 4.72 Å². The molecule has 5 heteroatoms. The summed E-state index contributed by atoms with van der Waals surface area (Å²) in [5, 5.41) is 0. The van der Waals surface area contributed by atoms with Crippen LogP contribution in [0.15, 0.2) is 12.2 Å². The zero-order valence-electron chi connectivity index (χ0n) is 16.1. The Morgan fingerprint density at radius 3 is 1.96 bits per heavy atom. The largest absolute Gasteiger partial charge is 0.269 e. The molecule has 1 N–H and O–H groups in total. The van der Waals surface area contributed by atoms with Crippen LogP contribution in [0.25, 0.3) is 0 Å². The van der Waals surface area contributed by atoms with Crippen LogP contribution in [-0.4, -0.2) is 20.6 Å². The fraction of sp³-hybridized carbons (Fsp3) is 0.842. The molecule has 0 aromatic heterocycles. The van der Waals surface area contributed by atoms with E-state index in [1.54, 1.807) is 0 Å². The lowest BCUT2D eigenvalue weighted by Crippen LogP contribution is -2.30. The molecule has 0 heterocycles. The fourth-order valence-corrected chi connectivity index (χ4v) is 3.44. The highest BCUT2D eigenvalue weighted by atomic mass is 32.2. The van der Waals surface area contributed by atoms with Crippen molar-refractivity contribution in [1.82, 2.24) is 4.72 Å². The van der Waals surface area contributed by atoms with E-state index in [2.05, 4.69) is 27.4 Å². The minimum Gasteiger partial charge on any atom is -0.269 e. The van der Waals surface area contributed by atoms with Gasteiger partial charge in [0.25, 0.3) is 5.91 Å². The van der Waals surface area contributed by atoms with Gasteiger partial charge in [-0.05, 0) is 31.1 Å². The Hall–Kier alpha value is -0.840. The molecule has 0 bridgehead atoms. The molecule has 142 valence electrons. The summed E-state index contributed by atoms with van der Waals surface area (Å²) in [5.41, 5.74) is 0.563. The molecule has 0 saturated heterocycles. The molecular formula is C19H37NO3S. The maximum absolute atomic E-state index is 11.8. The van der Waals surface area contributed by atoms with Gasteiger partial charge in [0.2, 0.25) is 10.0 Å². The summed E-state index contributed by atoms with van der Waals surface area (Å²) >= 11 is 0. The third kappa shape index (κ3) is 11.7. The van der Waals surface area contributed by atoms with Gasteiger partial charge in [0.1, 0.15) is 0 Å². The summed E-state index contributed by atoms with van der Waals surface area (Å²) in [4.78, 5) is 11.8. The third-order valence-corrected chi connectivity index (χ3v) is 5.20. The standard InChI is InChI=1S/C19H37NO3S/c1-6-8-10-12-15-19(4,14-11-9-7-2)16-13-17(3)18(21)20-24(5,22)23/h3,6-16H2,1-2,4-5H3,(H,20,21). The number of nitrogens with one attached hydrogen (secondary N) is 1. The first kappa shape index (κ1) is 23.2. The van der Waals surface area contributed by atoms with Crippen LogP contribution in [-0.2, 0) is 14.8 Å². The molecule has 0 rings (SSSR count). The molecule has 0 aromatic carbocycles. The molecule has 24 heavy (non-hydrogen) atoms. The van der Waals surface area contributed by atoms with E-state index >= 15 is 0 Å². The lowest BCUT2D eigenvalue weighted by Gasteiger charge is -2.30. The summed E-state index contributed by atoms with van der Waals surface area (Å²) in [6, 6.07) is 0. The highest BCUT2D eigenvalue weighted by Gasteiger charge is 2.24. The minimum absolute atomic E-state index is 0.206. The Labute approximate surface area is 149 Å². The molecule has 0 aliphatic rings. The molecule has 4 nitrogen and oxygen atoms in total. The Balaban J connectivity index is 4.56. The van der Waals surface area contributed by atoms with Crippen LogP contribution in [0, 0.1) is 5.41 Å². The molecule has 0 radical (unpaired) electrons. The highest BCUT2D eigenvalue weighted by molar-refractivity contribution is 7.89. The van der Waals surface area contributed by atoms with Crippen molar-refractivity contribution in [2.24, 2.45) is 5.41 Å². The summed E-state index contributed by atoms with van der Waals surface area (Å²) in [5.74, 6) is -0.570. The maximum Gasteiger partial charge on any atom is 0.260 e. The smallest absolute Gasteiger partial charge is 0.260 e. The number of amides is 1. The fourth-order valence-electron chi connectivity index (χ4n) is 2.96. The molecule has 1 atom stereocenters. The van der Waals surface area contributed by atoms with Gasteiger partial charge < -0.3 is 0 Å². The second-order valence-corrected chi connectivity index (χ2v) is 9.13. The first-order valence-electron chi connectivity index (χ1n) is 9.33. The molecule has 0 aliphatic carbocycles. The number of sulfonamides is 1. The van der Waals surface area contributed by atoms with E-state index in [1.807, 2.05) is 4.72 Å². The van der Waals surface area contributed by atoms with Gasteiger partial charge in [-0.2, -0.15) is 0 Å². The molecule has 0 aromatic rings. The maximum atomic E-state index is 11.8. The van der Waals surface area contributed by atoms with E-state index in [0.29, 0.717) is 12.0 Å². The zero-order valence-corrected chi connectivity index (χ0v) is 16.9. The Morgan fingerprint density at radius 2 is 1.46 bits per heavy atom. The van der Waals surface area contributed by atoms with Gasteiger partial charge >= 0.3 is 0 Å². The van der Waals surface area contributed by atoms with Gasteiger partial charge in [-0.15, -0.1) is 0 Å². The Kier molecular flexibility index (Phi) is 11.3. The van der Waals surface area contributed by atoms with E-state index in [0.717, 1.165) is 25.5 Å². The van der Waals surface area contributed by atoms with Crippen molar-refractivity contribution in [2.75, 3.05) is 6.26 Å². The molecule has 0 aliphatic heterocycles. The van der Waals surface area contributed by atoms with Crippen LogP contribution in [0.5, 0.6) is 0 Å². The SMILES string of the molecule is C=C(CCC(C)(CCCCC)CCCCCC)C(=O)NS(C)(=O)=O. The normalized spacial score (nSPS) is 14.2. The Bertz CT molecular complexity index is 485. The Morgan fingerprint density at radius 1 is 0.958 bits per heavy atom. The number of rotatable bonds is 14. The van der Waals surface area contributed by atoms with Crippen molar-refractivity contribution in [1.29, 1.82) is 0 Å². The zero-order chi connectivity index (χ0) is 18.6. The van der Waals surface area contributed by atoms with E-state index < -0.39 is 15.9 Å². The number of carbonyl (C=O) groups is 1. The van der Waals surface area contributed by atoms with Crippen molar-refractivity contribution in [3.05, 3.63) is 12.2 Å². The number of hydrogen-bond donors (Lipinski definition) is 1.